The van der Waals surface area contributed by atoms with Gasteiger partial charge < -0.3 is 9.80 Å². The van der Waals surface area contributed by atoms with Crippen molar-refractivity contribution in [2.24, 2.45) is 0 Å². The highest BCUT2D eigenvalue weighted by molar-refractivity contribution is 5.85. The number of hydrogen-bond donors (Lipinski definition) is 0. The summed E-state index contributed by atoms with van der Waals surface area (Å²) in [4.78, 5) is 4.66. The van der Waals surface area contributed by atoms with Crippen LogP contribution in [0, 0.1) is 0 Å². The van der Waals surface area contributed by atoms with Crippen molar-refractivity contribution >= 4 is 34.0 Å². The summed E-state index contributed by atoms with van der Waals surface area (Å²) >= 11 is 0. The largest absolute Gasteiger partial charge is 0.337 e. The van der Waals surface area contributed by atoms with Crippen molar-refractivity contribution in [2.75, 3.05) is 16.3 Å². The Bertz CT molecular complexity index is 1970. The summed E-state index contributed by atoms with van der Waals surface area (Å²) in [6.07, 6.45) is 8.42. The van der Waals surface area contributed by atoms with Gasteiger partial charge in [-0.05, 0) is 82.4 Å². The summed E-state index contributed by atoms with van der Waals surface area (Å²) in [6.45, 7) is 5.09. The molecule has 2 nitrogen and oxygen atoms in total. The van der Waals surface area contributed by atoms with Crippen LogP contribution in [0.15, 0.2) is 189 Å². The van der Waals surface area contributed by atoms with E-state index in [1.807, 2.05) is 0 Å². The molecular formula is C43H34N2. The summed E-state index contributed by atoms with van der Waals surface area (Å²) < 4.78 is 0. The number of hydrogen-bond acceptors (Lipinski definition) is 2. The molecule has 0 aliphatic carbocycles. The third kappa shape index (κ3) is 6.00. The van der Waals surface area contributed by atoms with Crippen LogP contribution < -0.4 is 9.80 Å². The summed E-state index contributed by atoms with van der Waals surface area (Å²) in [5.41, 5.74) is 12.6. The third-order valence-corrected chi connectivity index (χ3v) is 8.24. The summed E-state index contributed by atoms with van der Waals surface area (Å²) in [6, 6.07) is 56.1. The summed E-state index contributed by atoms with van der Waals surface area (Å²) in [7, 11) is 0. The first-order valence-electron chi connectivity index (χ1n) is 15.3. The van der Waals surface area contributed by atoms with Gasteiger partial charge >= 0.3 is 0 Å². The van der Waals surface area contributed by atoms with Gasteiger partial charge in [-0.1, -0.05) is 134 Å². The van der Waals surface area contributed by atoms with E-state index in [1.54, 1.807) is 0 Å². The molecule has 0 spiro atoms. The fraction of sp³-hybridized carbons (Fsp3) is 0.0233. The van der Waals surface area contributed by atoms with Crippen molar-refractivity contribution in [3.63, 3.8) is 0 Å². The van der Waals surface area contributed by atoms with E-state index in [-0.39, 0.29) is 0 Å². The van der Waals surface area contributed by atoms with E-state index in [0.717, 1.165) is 46.1 Å². The molecule has 0 saturated heterocycles. The number of allylic oxidation sites excluding steroid dienone is 4. The maximum atomic E-state index is 4.31. The molecule has 0 N–H and O–H groups in total. The number of nitrogens with zero attached hydrogens (tertiary/aromatic N) is 2. The van der Waals surface area contributed by atoms with E-state index in [4.69, 9.17) is 0 Å². The Morgan fingerprint density at radius 3 is 1.82 bits per heavy atom. The summed E-state index contributed by atoms with van der Waals surface area (Å²) in [5.74, 6) is 0. The minimum Gasteiger partial charge on any atom is -0.337 e. The normalized spacial score (nSPS) is 14.0. The van der Waals surface area contributed by atoms with Gasteiger partial charge in [-0.25, -0.2) is 0 Å². The van der Waals surface area contributed by atoms with Crippen LogP contribution in [0.2, 0.25) is 0 Å². The first-order chi connectivity index (χ1) is 22.2. The number of benzene rings is 6. The molecule has 7 rings (SSSR count). The molecule has 0 unspecified atom stereocenters. The van der Waals surface area contributed by atoms with Gasteiger partial charge in [-0.2, -0.15) is 0 Å². The van der Waals surface area contributed by atoms with Gasteiger partial charge in [0.25, 0.3) is 0 Å². The highest BCUT2D eigenvalue weighted by Gasteiger charge is 2.16. The van der Waals surface area contributed by atoms with Crippen molar-refractivity contribution in [1.82, 2.24) is 0 Å². The molecule has 2 heteroatoms. The van der Waals surface area contributed by atoms with Gasteiger partial charge in [-0.15, -0.1) is 0 Å². The molecule has 0 bridgehead atoms. The second kappa shape index (κ2) is 12.8. The van der Waals surface area contributed by atoms with Crippen LogP contribution in [0.3, 0.4) is 0 Å². The number of anilines is 5. The molecule has 45 heavy (non-hydrogen) atoms. The Morgan fingerprint density at radius 2 is 1.07 bits per heavy atom. The molecule has 1 aliphatic heterocycles. The fourth-order valence-corrected chi connectivity index (χ4v) is 5.95. The van der Waals surface area contributed by atoms with Crippen LogP contribution in [0.1, 0.15) is 5.56 Å². The lowest BCUT2D eigenvalue weighted by Gasteiger charge is -2.27. The monoisotopic (exact) mass is 578 g/mol. The average Bonchev–Trinajstić information content (AvgIpc) is 3.19. The number of para-hydroxylation sites is 2. The van der Waals surface area contributed by atoms with Crippen LogP contribution >= 0.6 is 0 Å². The first-order valence-corrected chi connectivity index (χ1v) is 15.3. The van der Waals surface area contributed by atoms with Crippen molar-refractivity contribution in [3.05, 3.63) is 194 Å². The lowest BCUT2D eigenvalue weighted by molar-refractivity contribution is 1.09. The predicted molar refractivity (Wildman–Crippen MR) is 193 cm³/mol. The van der Waals surface area contributed by atoms with E-state index in [9.17, 15) is 0 Å². The van der Waals surface area contributed by atoms with Crippen LogP contribution in [0.5, 0.6) is 0 Å². The van der Waals surface area contributed by atoms with Gasteiger partial charge in [0.15, 0.2) is 0 Å². The van der Waals surface area contributed by atoms with Crippen LogP contribution in [0.4, 0.5) is 28.4 Å². The average molecular weight is 579 g/mol. The smallest absolute Gasteiger partial charge is 0.0493 e. The molecule has 6 aromatic rings. The van der Waals surface area contributed by atoms with Crippen LogP contribution in [-0.2, 0) is 0 Å². The SMILES string of the molecule is C=C1/C=C\C=C/CN(c2ccc(-c3ccc(N(c4ccccc4)c4cccc(-c5ccccc5)c4)cc3)cc2)c2ccccc21. The number of fused-ring (bicyclic) bond motifs is 1. The van der Waals surface area contributed by atoms with Crippen molar-refractivity contribution < 1.29 is 0 Å². The molecule has 0 amide bonds. The second-order valence-corrected chi connectivity index (χ2v) is 11.1. The van der Waals surface area contributed by atoms with E-state index in [0.29, 0.717) is 0 Å². The van der Waals surface area contributed by atoms with Gasteiger partial charge in [0, 0.05) is 40.5 Å². The maximum Gasteiger partial charge on any atom is 0.0493 e. The van der Waals surface area contributed by atoms with Gasteiger partial charge in [-0.3, -0.25) is 0 Å². The van der Waals surface area contributed by atoms with Gasteiger partial charge in [0.2, 0.25) is 0 Å². The molecule has 0 radical (unpaired) electrons. The topological polar surface area (TPSA) is 6.48 Å². The second-order valence-electron chi connectivity index (χ2n) is 11.1. The Balaban J connectivity index is 1.19. The highest BCUT2D eigenvalue weighted by Crippen LogP contribution is 2.38. The highest BCUT2D eigenvalue weighted by atomic mass is 15.1. The van der Waals surface area contributed by atoms with Gasteiger partial charge in [0.05, 0.1) is 0 Å². The Labute approximate surface area is 266 Å². The van der Waals surface area contributed by atoms with Crippen LogP contribution in [-0.4, -0.2) is 6.54 Å². The van der Waals surface area contributed by atoms with E-state index in [1.165, 1.54) is 22.3 Å². The first kappa shape index (κ1) is 27.9. The zero-order valence-corrected chi connectivity index (χ0v) is 25.1. The van der Waals surface area contributed by atoms with Crippen molar-refractivity contribution in [2.45, 2.75) is 0 Å². The molecule has 0 atom stereocenters. The quantitative estimate of drug-likeness (QED) is 0.194. The molecule has 0 saturated carbocycles. The number of rotatable bonds is 6. The van der Waals surface area contributed by atoms with Crippen molar-refractivity contribution in [3.8, 4) is 22.3 Å². The summed E-state index contributed by atoms with van der Waals surface area (Å²) in [5, 5.41) is 0. The Hall–Kier alpha value is -5.86. The van der Waals surface area contributed by atoms with Gasteiger partial charge in [0.1, 0.15) is 0 Å². The lowest BCUT2D eigenvalue weighted by atomic mass is 10.0. The molecule has 1 heterocycles. The predicted octanol–water partition coefficient (Wildman–Crippen LogP) is 11.8. The Kier molecular flexibility index (Phi) is 7.94. The van der Waals surface area contributed by atoms with E-state index < -0.39 is 0 Å². The molecule has 216 valence electrons. The molecule has 0 aromatic heterocycles. The van der Waals surface area contributed by atoms with Crippen LogP contribution in [0.25, 0.3) is 27.8 Å². The maximum absolute atomic E-state index is 4.31. The molecule has 6 aromatic carbocycles. The van der Waals surface area contributed by atoms with E-state index in [2.05, 4.69) is 198 Å². The third-order valence-electron chi connectivity index (χ3n) is 8.24. The minimum atomic E-state index is 0.781. The molecular weight excluding hydrogens is 544 g/mol. The Morgan fingerprint density at radius 1 is 0.489 bits per heavy atom. The molecule has 1 aliphatic rings. The minimum absolute atomic E-state index is 0.781. The zero-order chi connectivity index (χ0) is 30.4. The standard InChI is InChI=1S/C43H34N2/c1-33-14-5-4-12-31-44(43-22-11-10-21-42(33)43)38-27-23-35(24-28-38)36-25-29-40(30-26-36)45(39-18-8-3-9-19-39)41-20-13-17-37(32-41)34-15-6-2-7-16-34/h2-30,32H,1,31H2/b12-4-,14-5-. The van der Waals surface area contributed by atoms with E-state index >= 15 is 0 Å². The fourth-order valence-electron chi connectivity index (χ4n) is 5.95. The molecule has 0 fully saturated rings. The lowest BCUT2D eigenvalue weighted by Crippen LogP contribution is -2.18. The zero-order valence-electron chi connectivity index (χ0n) is 25.1. The van der Waals surface area contributed by atoms with Crippen molar-refractivity contribution in [1.29, 1.82) is 0 Å².